The minimum atomic E-state index is -3.66. The largest absolute Gasteiger partial charge is 0.344 e. The Labute approximate surface area is 208 Å². The second-order valence-electron chi connectivity index (χ2n) is 9.95. The Morgan fingerprint density at radius 2 is 1.66 bits per heavy atom. The Bertz CT molecular complexity index is 1150. The topological polar surface area (TPSA) is 98.8 Å². The summed E-state index contributed by atoms with van der Waals surface area (Å²) in [7, 11) is -3.66. The zero-order valence-corrected chi connectivity index (χ0v) is 21.4. The van der Waals surface area contributed by atoms with Gasteiger partial charge in [0.25, 0.3) is 0 Å². The molecular formula is C26H36N4O4S. The number of carbonyl (C=O) groups excluding carboxylic acids is 2. The summed E-state index contributed by atoms with van der Waals surface area (Å²) in [6.07, 6.45) is 2.12. The van der Waals surface area contributed by atoms with Crippen LogP contribution in [0.25, 0.3) is 10.8 Å². The molecule has 0 spiro atoms. The maximum Gasteiger partial charge on any atom is 0.245 e. The van der Waals surface area contributed by atoms with Crippen LogP contribution in [0.15, 0.2) is 47.4 Å². The summed E-state index contributed by atoms with van der Waals surface area (Å²) in [4.78, 5) is 28.1. The standard InChI is InChI=1S/C26H36N4O4S/c1-19(2)17-24(28-25(31)21-9-11-27-12-10-21)26(32)29-13-15-30(16-14-29)35(33,34)23-8-7-20-5-3-4-6-22(20)18-23/h3-8,18-19,21,24,27H,9-17H2,1-2H3,(H,28,31). The highest BCUT2D eigenvalue weighted by Gasteiger charge is 2.34. The predicted octanol–water partition coefficient (Wildman–Crippen LogP) is 2.20. The second-order valence-corrected chi connectivity index (χ2v) is 11.9. The summed E-state index contributed by atoms with van der Waals surface area (Å²) in [6, 6.07) is 12.3. The van der Waals surface area contributed by atoms with Gasteiger partial charge in [-0.3, -0.25) is 9.59 Å². The number of amides is 2. The third-order valence-electron chi connectivity index (χ3n) is 6.94. The monoisotopic (exact) mass is 500 g/mol. The lowest BCUT2D eigenvalue weighted by atomic mass is 9.95. The van der Waals surface area contributed by atoms with E-state index in [9.17, 15) is 18.0 Å². The highest BCUT2D eigenvalue weighted by atomic mass is 32.2. The summed E-state index contributed by atoms with van der Waals surface area (Å²) in [5.41, 5.74) is 0. The first-order chi connectivity index (χ1) is 16.8. The van der Waals surface area contributed by atoms with Crippen molar-refractivity contribution in [2.45, 2.75) is 44.0 Å². The molecule has 0 bridgehead atoms. The van der Waals surface area contributed by atoms with Crippen molar-refractivity contribution in [1.29, 1.82) is 0 Å². The van der Waals surface area contributed by atoms with Gasteiger partial charge in [-0.15, -0.1) is 0 Å². The van der Waals surface area contributed by atoms with Gasteiger partial charge in [-0.05, 0) is 61.2 Å². The van der Waals surface area contributed by atoms with Gasteiger partial charge in [-0.25, -0.2) is 8.42 Å². The number of sulfonamides is 1. The van der Waals surface area contributed by atoms with Crippen LogP contribution in [0.2, 0.25) is 0 Å². The zero-order chi connectivity index (χ0) is 25.0. The molecule has 2 fully saturated rings. The van der Waals surface area contributed by atoms with Gasteiger partial charge in [-0.1, -0.05) is 44.2 Å². The lowest BCUT2D eigenvalue weighted by Crippen LogP contribution is -2.56. The molecule has 0 radical (unpaired) electrons. The minimum Gasteiger partial charge on any atom is -0.344 e. The van der Waals surface area contributed by atoms with Crippen LogP contribution in [0.1, 0.15) is 33.1 Å². The molecule has 9 heteroatoms. The lowest BCUT2D eigenvalue weighted by molar-refractivity contribution is -0.139. The first kappa shape index (κ1) is 25.6. The van der Waals surface area contributed by atoms with Gasteiger partial charge in [0.2, 0.25) is 21.8 Å². The van der Waals surface area contributed by atoms with Crippen LogP contribution in [0.3, 0.4) is 0 Å². The van der Waals surface area contributed by atoms with Crippen molar-refractivity contribution in [3.05, 3.63) is 42.5 Å². The molecule has 1 unspecified atom stereocenters. The van der Waals surface area contributed by atoms with Crippen LogP contribution in [0.4, 0.5) is 0 Å². The van der Waals surface area contributed by atoms with Crippen molar-refractivity contribution in [3.8, 4) is 0 Å². The third-order valence-corrected chi connectivity index (χ3v) is 8.84. The molecule has 0 aromatic heterocycles. The van der Waals surface area contributed by atoms with Crippen LogP contribution < -0.4 is 10.6 Å². The first-order valence-corrected chi connectivity index (χ1v) is 14.0. The van der Waals surface area contributed by atoms with Crippen LogP contribution >= 0.6 is 0 Å². The Kier molecular flexibility index (Phi) is 8.09. The van der Waals surface area contributed by atoms with Crippen LogP contribution in [-0.4, -0.2) is 74.7 Å². The molecule has 2 aliphatic rings. The quantitative estimate of drug-likeness (QED) is 0.607. The van der Waals surface area contributed by atoms with Crippen molar-refractivity contribution < 1.29 is 18.0 Å². The molecule has 2 heterocycles. The lowest BCUT2D eigenvalue weighted by Gasteiger charge is -2.36. The Morgan fingerprint density at radius 1 is 1.00 bits per heavy atom. The van der Waals surface area contributed by atoms with Crippen molar-refractivity contribution in [2.24, 2.45) is 11.8 Å². The van der Waals surface area contributed by atoms with E-state index in [1.807, 2.05) is 44.2 Å². The van der Waals surface area contributed by atoms with Crippen molar-refractivity contribution in [3.63, 3.8) is 0 Å². The minimum absolute atomic E-state index is 0.0528. The van der Waals surface area contributed by atoms with Crippen molar-refractivity contribution in [2.75, 3.05) is 39.3 Å². The van der Waals surface area contributed by atoms with E-state index < -0.39 is 16.1 Å². The average molecular weight is 501 g/mol. The summed E-state index contributed by atoms with van der Waals surface area (Å²) in [6.45, 7) is 6.78. The molecular weight excluding hydrogens is 464 g/mol. The molecule has 2 saturated heterocycles. The van der Waals surface area contributed by atoms with E-state index in [0.717, 1.165) is 36.7 Å². The second kappa shape index (κ2) is 11.1. The average Bonchev–Trinajstić information content (AvgIpc) is 2.88. The molecule has 2 amide bonds. The number of rotatable bonds is 7. The number of piperazine rings is 1. The van der Waals surface area contributed by atoms with E-state index in [1.165, 1.54) is 4.31 Å². The maximum absolute atomic E-state index is 13.4. The first-order valence-electron chi connectivity index (χ1n) is 12.5. The molecule has 8 nitrogen and oxygen atoms in total. The number of nitrogens with one attached hydrogen (secondary N) is 2. The highest BCUT2D eigenvalue weighted by Crippen LogP contribution is 2.23. The van der Waals surface area contributed by atoms with Gasteiger partial charge < -0.3 is 15.5 Å². The molecule has 4 rings (SSSR count). The van der Waals surface area contributed by atoms with E-state index in [2.05, 4.69) is 10.6 Å². The van der Waals surface area contributed by atoms with E-state index in [0.29, 0.717) is 19.5 Å². The normalized spacial score (nSPS) is 19.1. The summed E-state index contributed by atoms with van der Waals surface area (Å²) >= 11 is 0. The molecule has 2 aliphatic heterocycles. The SMILES string of the molecule is CC(C)CC(NC(=O)C1CCNCC1)C(=O)N1CCN(S(=O)(=O)c2ccc3ccccc3c2)CC1. The van der Waals surface area contributed by atoms with E-state index in [-0.39, 0.29) is 41.6 Å². The predicted molar refractivity (Wildman–Crippen MR) is 136 cm³/mol. The summed E-state index contributed by atoms with van der Waals surface area (Å²) in [5.74, 6) is 0.00116. The Balaban J connectivity index is 1.40. The molecule has 35 heavy (non-hydrogen) atoms. The fraction of sp³-hybridized carbons (Fsp3) is 0.538. The van der Waals surface area contributed by atoms with Crippen molar-refractivity contribution >= 4 is 32.6 Å². The fourth-order valence-corrected chi connectivity index (χ4v) is 6.37. The smallest absolute Gasteiger partial charge is 0.245 e. The van der Waals surface area contributed by atoms with Gasteiger partial charge in [0, 0.05) is 32.1 Å². The number of hydrogen-bond donors (Lipinski definition) is 2. The van der Waals surface area contributed by atoms with Gasteiger partial charge in [-0.2, -0.15) is 4.31 Å². The van der Waals surface area contributed by atoms with Gasteiger partial charge >= 0.3 is 0 Å². The van der Waals surface area contributed by atoms with Crippen molar-refractivity contribution in [1.82, 2.24) is 19.8 Å². The molecule has 2 N–H and O–H groups in total. The maximum atomic E-state index is 13.4. The number of fused-ring (bicyclic) bond motifs is 1. The Morgan fingerprint density at radius 3 is 2.31 bits per heavy atom. The Hall–Kier alpha value is -2.49. The van der Waals surface area contributed by atoms with Crippen LogP contribution in [0.5, 0.6) is 0 Å². The molecule has 0 aliphatic carbocycles. The number of benzene rings is 2. The van der Waals surface area contributed by atoms with E-state index in [4.69, 9.17) is 0 Å². The zero-order valence-electron chi connectivity index (χ0n) is 20.6. The van der Waals surface area contributed by atoms with E-state index >= 15 is 0 Å². The van der Waals surface area contributed by atoms with Crippen LogP contribution in [0, 0.1) is 11.8 Å². The molecule has 0 saturated carbocycles. The van der Waals surface area contributed by atoms with E-state index in [1.54, 1.807) is 17.0 Å². The van der Waals surface area contributed by atoms with Crippen LogP contribution in [-0.2, 0) is 19.6 Å². The summed E-state index contributed by atoms with van der Waals surface area (Å²) < 4.78 is 28.0. The number of carbonyl (C=O) groups is 2. The number of nitrogens with zero attached hydrogens (tertiary/aromatic N) is 2. The third kappa shape index (κ3) is 6.02. The highest BCUT2D eigenvalue weighted by molar-refractivity contribution is 7.89. The fourth-order valence-electron chi connectivity index (χ4n) is 4.91. The molecule has 190 valence electrons. The molecule has 2 aromatic rings. The van der Waals surface area contributed by atoms with Gasteiger partial charge in [0.05, 0.1) is 4.90 Å². The van der Waals surface area contributed by atoms with Gasteiger partial charge in [0.15, 0.2) is 0 Å². The molecule has 2 aromatic carbocycles. The summed E-state index contributed by atoms with van der Waals surface area (Å²) in [5, 5.41) is 8.14. The molecule has 1 atom stereocenters. The number of piperidine rings is 1. The van der Waals surface area contributed by atoms with Gasteiger partial charge in [0.1, 0.15) is 6.04 Å². The number of hydrogen-bond acceptors (Lipinski definition) is 5.